The third kappa shape index (κ3) is 10.9. The number of H-pyrrole nitrogens is 3. The van der Waals surface area contributed by atoms with Crippen LogP contribution >= 0.6 is 0 Å². The number of nitrogens with zero attached hydrogens (tertiary/aromatic N) is 4. The van der Waals surface area contributed by atoms with E-state index in [0.717, 1.165) is 5.69 Å². The predicted molar refractivity (Wildman–Crippen MR) is 520 cm³/mol. The molecule has 7 heteroatoms. The minimum Gasteiger partial charge on any atom is -0.354 e. The molecule has 26 aromatic rings. The Morgan fingerprint density at radius 3 is 0.976 bits per heavy atom. The summed E-state index contributed by atoms with van der Waals surface area (Å²) in [4.78, 5) is 15.4. The molecular formula is C116H77N7. The van der Waals surface area contributed by atoms with Gasteiger partial charge >= 0.3 is 0 Å². The molecule has 0 amide bonds. The minimum absolute atomic E-state index is 0.0457. The fraction of sp³-hybridized carbons (Fsp3) is 0.0259. The van der Waals surface area contributed by atoms with Crippen molar-refractivity contribution in [3.05, 3.63) is 424 Å². The van der Waals surface area contributed by atoms with E-state index in [1.807, 2.05) is 18.5 Å². The second-order valence-electron chi connectivity index (χ2n) is 33.5. The Hall–Kier alpha value is -16.1. The van der Waals surface area contributed by atoms with Crippen LogP contribution < -0.4 is 0 Å². The summed E-state index contributed by atoms with van der Waals surface area (Å²) in [6, 6.07) is 146. The van der Waals surface area contributed by atoms with Gasteiger partial charge in [-0.1, -0.05) is 287 Å². The molecule has 7 heterocycles. The Morgan fingerprint density at radius 2 is 0.537 bits per heavy atom. The van der Waals surface area contributed by atoms with E-state index in [1.165, 1.54) is 241 Å². The van der Waals surface area contributed by atoms with E-state index in [4.69, 9.17) is 0 Å². The molecule has 3 N–H and O–H groups in total. The fourth-order valence-corrected chi connectivity index (χ4v) is 20.8. The molecule has 19 aromatic carbocycles. The van der Waals surface area contributed by atoms with Crippen LogP contribution in [0.1, 0.15) is 25.0 Å². The van der Waals surface area contributed by atoms with Crippen LogP contribution in [0.25, 0.3) is 236 Å². The zero-order valence-electron chi connectivity index (χ0n) is 67.5. The number of hydrogen-bond acceptors (Lipinski definition) is 1. The zero-order chi connectivity index (χ0) is 81.1. The molecule has 0 spiro atoms. The molecular weight excluding hydrogens is 1490 g/mol. The van der Waals surface area contributed by atoms with Crippen molar-refractivity contribution >= 4 is 163 Å². The molecule has 0 radical (unpaired) electrons. The molecule has 576 valence electrons. The summed E-state index contributed by atoms with van der Waals surface area (Å²) in [5, 5.41) is 22.7. The summed E-state index contributed by atoms with van der Waals surface area (Å²) in [6.07, 6.45) is 3.75. The van der Waals surface area contributed by atoms with Crippen LogP contribution in [0.4, 0.5) is 0 Å². The van der Waals surface area contributed by atoms with E-state index in [9.17, 15) is 0 Å². The van der Waals surface area contributed by atoms with Crippen LogP contribution in [-0.4, -0.2) is 33.6 Å². The van der Waals surface area contributed by atoms with Crippen LogP contribution in [0.15, 0.2) is 413 Å². The summed E-state index contributed by atoms with van der Waals surface area (Å²) in [5.74, 6) is 0. The lowest BCUT2D eigenvalue weighted by molar-refractivity contribution is 0.660. The molecule has 1 aliphatic rings. The highest BCUT2D eigenvalue weighted by atomic mass is 15.0. The lowest BCUT2D eigenvalue weighted by atomic mass is 9.82. The molecule has 0 fully saturated rings. The highest BCUT2D eigenvalue weighted by Crippen LogP contribution is 2.51. The maximum atomic E-state index is 4.38. The van der Waals surface area contributed by atoms with E-state index < -0.39 is 0 Å². The fourth-order valence-electron chi connectivity index (χ4n) is 20.8. The van der Waals surface area contributed by atoms with Crippen LogP contribution in [-0.2, 0) is 5.41 Å². The number of nitrogens with one attached hydrogen (secondary N) is 3. The molecule has 123 heavy (non-hydrogen) atoms. The number of aromatic nitrogens is 7. The van der Waals surface area contributed by atoms with E-state index >= 15 is 0 Å². The number of pyridine rings is 1. The highest BCUT2D eigenvalue weighted by Gasteiger charge is 2.36. The van der Waals surface area contributed by atoms with Crippen molar-refractivity contribution in [1.82, 2.24) is 33.6 Å². The Balaban J connectivity index is 0.000000102. The molecule has 7 aromatic heterocycles. The number of hydrogen-bond donors (Lipinski definition) is 3. The minimum atomic E-state index is -0.0457. The second-order valence-corrected chi connectivity index (χ2v) is 33.5. The largest absolute Gasteiger partial charge is 0.354 e. The van der Waals surface area contributed by atoms with Gasteiger partial charge in [0.2, 0.25) is 0 Å². The number of benzene rings is 19. The lowest BCUT2D eigenvalue weighted by Gasteiger charge is -2.22. The van der Waals surface area contributed by atoms with Gasteiger partial charge in [0.1, 0.15) is 0 Å². The third-order valence-corrected chi connectivity index (χ3v) is 26.5. The van der Waals surface area contributed by atoms with Gasteiger partial charge in [0.05, 0.1) is 61.5 Å². The number of rotatable bonds is 7. The third-order valence-electron chi connectivity index (χ3n) is 26.5. The first-order valence-electron chi connectivity index (χ1n) is 42.5. The molecule has 0 aliphatic heterocycles. The van der Waals surface area contributed by atoms with Gasteiger partial charge in [-0.15, -0.1) is 0 Å². The van der Waals surface area contributed by atoms with Crippen LogP contribution in [0.2, 0.25) is 0 Å². The van der Waals surface area contributed by atoms with Gasteiger partial charge < -0.3 is 28.7 Å². The topological polar surface area (TPSA) is 75.0 Å². The monoisotopic (exact) mass is 1570 g/mol. The maximum absolute atomic E-state index is 4.38. The summed E-state index contributed by atoms with van der Waals surface area (Å²) < 4.78 is 7.15. The summed E-state index contributed by atoms with van der Waals surface area (Å²) in [7, 11) is 0. The molecule has 7 nitrogen and oxygen atoms in total. The van der Waals surface area contributed by atoms with Gasteiger partial charge in [-0.05, 0) is 210 Å². The number of para-hydroxylation sites is 6. The molecule has 0 saturated carbocycles. The Kier molecular flexibility index (Phi) is 15.6. The Labute approximate surface area is 707 Å². The van der Waals surface area contributed by atoms with E-state index in [0.29, 0.717) is 0 Å². The average molecular weight is 1570 g/mol. The molecule has 0 bridgehead atoms. The molecule has 1 aliphatic carbocycles. The van der Waals surface area contributed by atoms with E-state index in [-0.39, 0.29) is 5.41 Å². The normalized spacial score (nSPS) is 12.5. The second kappa shape index (κ2) is 27.5. The van der Waals surface area contributed by atoms with Crippen LogP contribution in [0.5, 0.6) is 0 Å². The Bertz CT molecular complexity index is 8850. The summed E-state index contributed by atoms with van der Waals surface area (Å²) in [5.41, 5.74) is 33.2. The van der Waals surface area contributed by atoms with E-state index in [1.54, 1.807) is 0 Å². The van der Waals surface area contributed by atoms with Crippen molar-refractivity contribution in [2.45, 2.75) is 19.3 Å². The summed E-state index contributed by atoms with van der Waals surface area (Å²) in [6.45, 7) is 4.71. The number of fused-ring (bicyclic) bond motifs is 27. The Morgan fingerprint density at radius 1 is 0.203 bits per heavy atom. The quantitative estimate of drug-likeness (QED) is 0.146. The predicted octanol–water partition coefficient (Wildman–Crippen LogP) is 31.1. The van der Waals surface area contributed by atoms with Gasteiger partial charge in [-0.3, -0.25) is 4.98 Å². The SMILES string of the molecule is CC1(C)c2ccccc2-c2ccc(-n3c4ccccc4c4cc(-c5cc6c7ccccc7[nH]c6c6ccccc56)ccc43)cc21.c1ccc(-c2ccc(-n3c4ccccc4c4cc(-c5cc6c7ccccc7[nH]c6c6ccccc56)ccc43)cc2)cc1.c1cncc(-n2c3ccccc3c3cc(-c4cc5c6ccccc6[nH]c5c5ccccc45)ccc32)c1. The maximum Gasteiger partial charge on any atom is 0.0645 e. The zero-order valence-corrected chi connectivity index (χ0v) is 67.5. The van der Waals surface area contributed by atoms with E-state index in [2.05, 4.69) is 442 Å². The first-order valence-corrected chi connectivity index (χ1v) is 42.5. The van der Waals surface area contributed by atoms with Crippen LogP contribution in [0.3, 0.4) is 0 Å². The standard InChI is InChI=1S/C43H30N2.C40H26N2.C33H21N3/c1-43(2)37-16-8-5-12-29(37)30-21-20-27(24-38(30)43)45-40-18-10-7-14-32(40)35-23-26(19-22-41(35)45)34-25-36-31-13-6-9-17-39(31)44-42(36)33-15-4-3-11-28(33)34;1-2-10-26(11-3-1)27-18-21-29(22-19-27)42-38-17-9-7-14-32(38)35-24-28(20-23-39(35)42)34-25-36-31-13-6-8-16-37(31)41-40(36)33-15-5-4-12-30(33)34;1-2-12-26-23(9-1)27(19-29-24-10-3-5-13-30(24)35-33(26)29)21-15-16-32-28(18-21)25-11-4-6-14-31(25)36(32)22-8-7-17-34-20-22/h3-25,44H,1-2H3;1-25,41H;1-20,35H. The van der Waals surface area contributed by atoms with Gasteiger partial charge in [0.15, 0.2) is 0 Å². The lowest BCUT2D eigenvalue weighted by Crippen LogP contribution is -2.15. The van der Waals surface area contributed by atoms with Crippen molar-refractivity contribution in [2.75, 3.05) is 0 Å². The summed E-state index contributed by atoms with van der Waals surface area (Å²) >= 11 is 0. The highest BCUT2D eigenvalue weighted by molar-refractivity contribution is 6.25. The molecule has 0 unspecified atom stereocenters. The van der Waals surface area contributed by atoms with Crippen molar-refractivity contribution < 1.29 is 0 Å². The van der Waals surface area contributed by atoms with Crippen molar-refractivity contribution in [1.29, 1.82) is 0 Å². The van der Waals surface area contributed by atoms with Gasteiger partial charge in [0.25, 0.3) is 0 Å². The van der Waals surface area contributed by atoms with Gasteiger partial charge in [0, 0.05) is 120 Å². The average Bonchev–Trinajstić information content (AvgIpc) is 1.55. The molecule has 0 saturated heterocycles. The van der Waals surface area contributed by atoms with Gasteiger partial charge in [-0.25, -0.2) is 0 Å². The van der Waals surface area contributed by atoms with Crippen molar-refractivity contribution in [2.24, 2.45) is 0 Å². The van der Waals surface area contributed by atoms with Crippen molar-refractivity contribution in [3.63, 3.8) is 0 Å². The first-order chi connectivity index (χ1) is 60.8. The first kappa shape index (κ1) is 70.0. The smallest absolute Gasteiger partial charge is 0.0645 e. The number of aromatic amines is 3. The molecule has 27 rings (SSSR count). The van der Waals surface area contributed by atoms with Crippen LogP contribution in [0, 0.1) is 0 Å². The van der Waals surface area contributed by atoms with Gasteiger partial charge in [-0.2, -0.15) is 0 Å². The van der Waals surface area contributed by atoms with Crippen molar-refractivity contribution in [3.8, 4) is 72.7 Å². The molecule has 0 atom stereocenters.